The van der Waals surface area contributed by atoms with Crippen molar-refractivity contribution >= 4 is 17.2 Å². The Morgan fingerprint density at radius 3 is 2.65 bits per heavy atom. The van der Waals surface area contributed by atoms with Gasteiger partial charge in [0.05, 0.1) is 5.56 Å². The number of aliphatic hydroxyl groups excluding tert-OH is 1. The maximum atomic E-state index is 12.1. The monoisotopic (exact) mass is 285 g/mol. The summed E-state index contributed by atoms with van der Waals surface area (Å²) in [6.07, 6.45) is 0. The van der Waals surface area contributed by atoms with Gasteiger partial charge in [-0.15, -0.1) is 0 Å². The topological polar surface area (TPSA) is 40.5 Å². The fraction of sp³-hybridized carbons (Fsp3) is 0.188. The van der Waals surface area contributed by atoms with E-state index in [0.717, 1.165) is 16.7 Å². The Morgan fingerprint density at radius 2 is 2.05 bits per heavy atom. The zero-order valence-corrected chi connectivity index (χ0v) is 12.0. The van der Waals surface area contributed by atoms with E-state index in [1.807, 2.05) is 41.1 Å². The third-order valence-electron chi connectivity index (χ3n) is 2.80. The minimum atomic E-state index is -0.139. The van der Waals surface area contributed by atoms with E-state index in [1.54, 1.807) is 11.9 Å². The fourth-order valence-corrected chi connectivity index (χ4v) is 2.42. The normalized spacial score (nSPS) is 9.70. The summed E-state index contributed by atoms with van der Waals surface area (Å²) in [7, 11) is 1.79. The summed E-state index contributed by atoms with van der Waals surface area (Å²) in [4.78, 5) is 13.8. The van der Waals surface area contributed by atoms with Gasteiger partial charge in [0, 0.05) is 24.5 Å². The van der Waals surface area contributed by atoms with Gasteiger partial charge < -0.3 is 10.0 Å². The number of hydrogen-bond acceptors (Lipinski definition) is 3. The van der Waals surface area contributed by atoms with E-state index in [0.29, 0.717) is 6.54 Å². The number of hydrogen-bond donors (Lipinski definition) is 1. The molecule has 102 valence electrons. The largest absolute Gasteiger partial charge is 0.384 e. The summed E-state index contributed by atoms with van der Waals surface area (Å²) in [5.41, 5.74) is 2.63. The lowest BCUT2D eigenvalue weighted by molar-refractivity contribution is 0.0785. The average Bonchev–Trinajstić information content (AvgIpc) is 3.00. The van der Waals surface area contributed by atoms with Crippen LogP contribution in [0.2, 0.25) is 0 Å². The fourth-order valence-electron chi connectivity index (χ4n) is 1.79. The van der Waals surface area contributed by atoms with Crippen LogP contribution in [0.3, 0.4) is 0 Å². The molecule has 1 N–H and O–H groups in total. The van der Waals surface area contributed by atoms with Crippen LogP contribution in [-0.4, -0.2) is 29.6 Å². The number of amides is 1. The van der Waals surface area contributed by atoms with E-state index in [2.05, 4.69) is 11.8 Å². The van der Waals surface area contributed by atoms with Gasteiger partial charge >= 0.3 is 0 Å². The zero-order chi connectivity index (χ0) is 14.4. The molecule has 0 radical (unpaired) electrons. The molecule has 2 aromatic rings. The minimum absolute atomic E-state index is 0.0235. The minimum Gasteiger partial charge on any atom is -0.384 e. The SMILES string of the molecule is CN(Cc1ccc(C#CCO)cc1)C(=O)c1ccsc1. The first kappa shape index (κ1) is 14.3. The molecule has 0 spiro atoms. The summed E-state index contributed by atoms with van der Waals surface area (Å²) < 4.78 is 0. The second-order valence-electron chi connectivity index (χ2n) is 4.33. The van der Waals surface area contributed by atoms with Gasteiger partial charge in [0.2, 0.25) is 0 Å². The molecule has 2 rings (SSSR count). The third-order valence-corrected chi connectivity index (χ3v) is 3.48. The Kier molecular flexibility index (Phi) is 4.94. The molecule has 0 saturated carbocycles. The number of carbonyl (C=O) groups is 1. The van der Waals surface area contributed by atoms with Crippen molar-refractivity contribution < 1.29 is 9.90 Å². The summed E-state index contributed by atoms with van der Waals surface area (Å²) in [5, 5.41) is 12.4. The van der Waals surface area contributed by atoms with Gasteiger partial charge in [0.15, 0.2) is 0 Å². The van der Waals surface area contributed by atoms with Crippen LogP contribution in [0.5, 0.6) is 0 Å². The van der Waals surface area contributed by atoms with E-state index >= 15 is 0 Å². The molecule has 0 aliphatic rings. The van der Waals surface area contributed by atoms with Gasteiger partial charge in [-0.1, -0.05) is 24.0 Å². The molecular weight excluding hydrogens is 270 g/mol. The highest BCUT2D eigenvalue weighted by Crippen LogP contribution is 2.12. The van der Waals surface area contributed by atoms with Crippen molar-refractivity contribution in [2.45, 2.75) is 6.54 Å². The maximum Gasteiger partial charge on any atom is 0.254 e. The van der Waals surface area contributed by atoms with Gasteiger partial charge in [-0.2, -0.15) is 11.3 Å². The highest BCUT2D eigenvalue weighted by atomic mass is 32.1. The van der Waals surface area contributed by atoms with Crippen molar-refractivity contribution in [1.29, 1.82) is 0 Å². The number of benzene rings is 1. The first-order valence-corrected chi connectivity index (χ1v) is 7.11. The van der Waals surface area contributed by atoms with Crippen LogP contribution in [0, 0.1) is 11.8 Å². The molecule has 0 bridgehead atoms. The van der Waals surface area contributed by atoms with E-state index in [9.17, 15) is 4.79 Å². The van der Waals surface area contributed by atoms with Crippen LogP contribution >= 0.6 is 11.3 Å². The Bertz CT molecular complexity index is 621. The average molecular weight is 285 g/mol. The van der Waals surface area contributed by atoms with Crippen LogP contribution < -0.4 is 0 Å². The Balaban J connectivity index is 2.01. The molecule has 3 nitrogen and oxygen atoms in total. The Labute approximate surface area is 122 Å². The van der Waals surface area contributed by atoms with Crippen LogP contribution in [0.4, 0.5) is 0 Å². The van der Waals surface area contributed by atoms with Gasteiger partial charge in [-0.25, -0.2) is 0 Å². The molecule has 1 aromatic heterocycles. The Morgan fingerprint density at radius 1 is 1.30 bits per heavy atom. The van der Waals surface area contributed by atoms with Crippen molar-refractivity contribution in [3.63, 3.8) is 0 Å². The maximum absolute atomic E-state index is 12.1. The highest BCUT2D eigenvalue weighted by molar-refractivity contribution is 7.08. The summed E-state index contributed by atoms with van der Waals surface area (Å²) >= 11 is 1.52. The summed E-state index contributed by atoms with van der Waals surface area (Å²) in [5.74, 6) is 5.47. The van der Waals surface area contributed by atoms with Crippen molar-refractivity contribution in [1.82, 2.24) is 4.90 Å². The molecule has 0 fully saturated rings. The highest BCUT2D eigenvalue weighted by Gasteiger charge is 2.11. The van der Waals surface area contributed by atoms with Gasteiger partial charge in [0.25, 0.3) is 5.91 Å². The standard InChI is InChI=1S/C16H15NO2S/c1-17(16(19)15-8-10-20-12-15)11-14-6-4-13(5-7-14)3-2-9-18/h4-8,10,12,18H,9,11H2,1H3. The molecule has 0 atom stereocenters. The summed E-state index contributed by atoms with van der Waals surface area (Å²) in [6.45, 7) is 0.419. The van der Waals surface area contributed by atoms with Crippen LogP contribution in [-0.2, 0) is 6.54 Å². The molecule has 1 amide bonds. The Hall–Kier alpha value is -2.09. The molecule has 4 heteroatoms. The third kappa shape index (κ3) is 3.70. The van der Waals surface area contributed by atoms with Gasteiger partial charge in [-0.05, 0) is 29.1 Å². The molecule has 0 saturated heterocycles. The van der Waals surface area contributed by atoms with Crippen LogP contribution in [0.25, 0.3) is 0 Å². The lowest BCUT2D eigenvalue weighted by atomic mass is 10.1. The van der Waals surface area contributed by atoms with Crippen molar-refractivity contribution in [2.75, 3.05) is 13.7 Å². The molecule has 0 aliphatic heterocycles. The number of nitrogens with zero attached hydrogens (tertiary/aromatic N) is 1. The number of aliphatic hydroxyl groups is 1. The summed E-state index contributed by atoms with van der Waals surface area (Å²) in [6, 6.07) is 9.50. The molecular formula is C16H15NO2S. The van der Waals surface area contributed by atoms with Crippen LogP contribution in [0.15, 0.2) is 41.1 Å². The van der Waals surface area contributed by atoms with E-state index in [-0.39, 0.29) is 12.5 Å². The van der Waals surface area contributed by atoms with Crippen LogP contribution in [0.1, 0.15) is 21.5 Å². The predicted molar refractivity (Wildman–Crippen MR) is 80.5 cm³/mol. The lowest BCUT2D eigenvalue weighted by Gasteiger charge is -2.16. The lowest BCUT2D eigenvalue weighted by Crippen LogP contribution is -2.25. The number of carbonyl (C=O) groups excluding carboxylic acids is 1. The number of rotatable bonds is 3. The van der Waals surface area contributed by atoms with Crippen molar-refractivity contribution in [2.24, 2.45) is 0 Å². The molecule has 0 aliphatic carbocycles. The molecule has 0 unspecified atom stereocenters. The molecule has 1 heterocycles. The van der Waals surface area contributed by atoms with Gasteiger partial charge in [-0.3, -0.25) is 4.79 Å². The zero-order valence-electron chi connectivity index (χ0n) is 11.2. The van der Waals surface area contributed by atoms with Gasteiger partial charge in [0.1, 0.15) is 6.61 Å². The quantitative estimate of drug-likeness (QED) is 0.880. The first-order valence-electron chi connectivity index (χ1n) is 6.17. The molecule has 20 heavy (non-hydrogen) atoms. The van der Waals surface area contributed by atoms with Crippen molar-refractivity contribution in [3.8, 4) is 11.8 Å². The smallest absolute Gasteiger partial charge is 0.254 e. The molecule has 1 aromatic carbocycles. The number of thiophene rings is 1. The van der Waals surface area contributed by atoms with E-state index in [4.69, 9.17) is 5.11 Å². The first-order chi connectivity index (χ1) is 9.70. The second kappa shape index (κ2) is 6.90. The van der Waals surface area contributed by atoms with Crippen molar-refractivity contribution in [3.05, 3.63) is 57.8 Å². The predicted octanol–water partition coefficient (Wildman–Crippen LogP) is 2.36. The van der Waals surface area contributed by atoms with E-state index in [1.165, 1.54) is 11.3 Å². The van der Waals surface area contributed by atoms with E-state index < -0.39 is 0 Å². The second-order valence-corrected chi connectivity index (χ2v) is 5.11.